The van der Waals surface area contributed by atoms with E-state index < -0.39 is 11.7 Å². The molecule has 1 atom stereocenters. The molecule has 120 valence electrons. The van der Waals surface area contributed by atoms with Crippen molar-refractivity contribution in [2.24, 2.45) is 5.92 Å². The summed E-state index contributed by atoms with van der Waals surface area (Å²) in [5.74, 6) is 0.568. The van der Waals surface area contributed by atoms with Crippen LogP contribution in [-0.4, -0.2) is 28.2 Å². The molecule has 0 radical (unpaired) electrons. The molecule has 1 aliphatic heterocycles. The monoisotopic (exact) mass is 331 g/mol. The second kappa shape index (κ2) is 6.73. The third-order valence-corrected chi connectivity index (χ3v) is 4.49. The summed E-state index contributed by atoms with van der Waals surface area (Å²) in [6, 6.07) is 5.02. The van der Waals surface area contributed by atoms with E-state index in [-0.39, 0.29) is 23.5 Å². The fourth-order valence-corrected chi connectivity index (χ4v) is 3.11. The average Bonchev–Trinajstić information content (AvgIpc) is 2.76. The van der Waals surface area contributed by atoms with Gasteiger partial charge in [-0.15, -0.1) is 0 Å². The second-order valence-electron chi connectivity index (χ2n) is 5.35. The van der Waals surface area contributed by atoms with E-state index in [1.165, 1.54) is 24.8 Å². The number of benzene rings is 1. The number of likely N-dealkylation sites (tertiary alicyclic amines) is 1. The van der Waals surface area contributed by atoms with Gasteiger partial charge in [-0.2, -0.15) is 13.2 Å². The zero-order valence-electron chi connectivity index (χ0n) is 12.0. The molecule has 1 fully saturated rings. The minimum absolute atomic E-state index is 0.00350. The Hall–Kier alpha value is -1.50. The van der Waals surface area contributed by atoms with Gasteiger partial charge in [0.15, 0.2) is 5.12 Å². The summed E-state index contributed by atoms with van der Waals surface area (Å²) in [5, 5.41) is 0.00350. The van der Waals surface area contributed by atoms with Crippen molar-refractivity contribution in [3.63, 3.8) is 0 Å². The van der Waals surface area contributed by atoms with Crippen molar-refractivity contribution in [2.75, 3.05) is 12.3 Å². The van der Waals surface area contributed by atoms with Crippen LogP contribution in [0.25, 0.3) is 0 Å². The first-order valence-electron chi connectivity index (χ1n) is 6.83. The molecule has 1 aromatic rings. The van der Waals surface area contributed by atoms with E-state index in [1.807, 2.05) is 0 Å². The number of carbonyl (C=O) groups excluding carboxylic acids is 2. The Morgan fingerprint density at radius 2 is 2.14 bits per heavy atom. The quantitative estimate of drug-likeness (QED) is 0.849. The van der Waals surface area contributed by atoms with Gasteiger partial charge in [-0.3, -0.25) is 9.59 Å². The van der Waals surface area contributed by atoms with Gasteiger partial charge in [0.2, 0.25) is 5.91 Å². The standard InChI is InChI=1S/C15H16F3NO2S/c1-10(20)22-9-12-6-14(21)19(8-12)7-11-3-2-4-13(5-11)15(16,17)18/h2-5,12H,6-9H2,1H3. The summed E-state index contributed by atoms with van der Waals surface area (Å²) in [5.41, 5.74) is -0.247. The summed E-state index contributed by atoms with van der Waals surface area (Å²) in [7, 11) is 0. The van der Waals surface area contributed by atoms with Crippen LogP contribution in [-0.2, 0) is 22.3 Å². The first kappa shape index (κ1) is 16.9. The van der Waals surface area contributed by atoms with Crippen molar-refractivity contribution in [1.29, 1.82) is 0 Å². The third-order valence-electron chi connectivity index (χ3n) is 3.44. The van der Waals surface area contributed by atoms with Crippen molar-refractivity contribution < 1.29 is 22.8 Å². The molecule has 0 N–H and O–H groups in total. The van der Waals surface area contributed by atoms with E-state index in [9.17, 15) is 22.8 Å². The molecular formula is C15H16F3NO2S. The van der Waals surface area contributed by atoms with Crippen molar-refractivity contribution in [3.05, 3.63) is 35.4 Å². The smallest absolute Gasteiger partial charge is 0.338 e. The van der Waals surface area contributed by atoms with Gasteiger partial charge in [0, 0.05) is 32.2 Å². The highest BCUT2D eigenvalue weighted by atomic mass is 32.2. The van der Waals surface area contributed by atoms with E-state index in [4.69, 9.17) is 0 Å². The number of rotatable bonds is 4. The highest BCUT2D eigenvalue weighted by Gasteiger charge is 2.32. The lowest BCUT2D eigenvalue weighted by molar-refractivity contribution is -0.137. The number of amides is 1. The number of alkyl halides is 3. The molecule has 0 saturated carbocycles. The number of hydrogen-bond donors (Lipinski definition) is 0. The zero-order valence-corrected chi connectivity index (χ0v) is 12.8. The van der Waals surface area contributed by atoms with Gasteiger partial charge in [-0.1, -0.05) is 23.9 Å². The highest BCUT2D eigenvalue weighted by Crippen LogP contribution is 2.30. The first-order valence-corrected chi connectivity index (χ1v) is 7.81. The molecule has 1 heterocycles. The maximum Gasteiger partial charge on any atom is 0.416 e. The molecule has 1 saturated heterocycles. The molecule has 0 spiro atoms. The lowest BCUT2D eigenvalue weighted by atomic mass is 10.1. The number of nitrogens with zero attached hydrogens (tertiary/aromatic N) is 1. The molecule has 1 amide bonds. The maximum absolute atomic E-state index is 12.7. The SMILES string of the molecule is CC(=O)SCC1CC(=O)N(Cc2cccc(C(F)(F)F)c2)C1. The van der Waals surface area contributed by atoms with Crippen LogP contribution in [0.5, 0.6) is 0 Å². The van der Waals surface area contributed by atoms with E-state index in [0.717, 1.165) is 12.1 Å². The maximum atomic E-state index is 12.7. The first-order chi connectivity index (χ1) is 10.3. The molecule has 0 aromatic heterocycles. The van der Waals surface area contributed by atoms with Crippen LogP contribution in [0.2, 0.25) is 0 Å². The van der Waals surface area contributed by atoms with Crippen molar-refractivity contribution in [2.45, 2.75) is 26.1 Å². The Balaban J connectivity index is 1.99. The number of thioether (sulfide) groups is 1. The van der Waals surface area contributed by atoms with E-state index >= 15 is 0 Å². The minimum Gasteiger partial charge on any atom is -0.338 e. The van der Waals surface area contributed by atoms with E-state index in [1.54, 1.807) is 11.0 Å². The predicted octanol–water partition coefficient (Wildman–Crippen LogP) is 3.33. The minimum atomic E-state index is -4.38. The van der Waals surface area contributed by atoms with Crippen molar-refractivity contribution in [1.82, 2.24) is 4.90 Å². The molecular weight excluding hydrogens is 315 g/mol. The lowest BCUT2D eigenvalue weighted by Gasteiger charge is -2.17. The fraction of sp³-hybridized carbons (Fsp3) is 0.467. The topological polar surface area (TPSA) is 37.4 Å². The second-order valence-corrected chi connectivity index (χ2v) is 6.54. The van der Waals surface area contributed by atoms with Crippen LogP contribution in [0.3, 0.4) is 0 Å². The van der Waals surface area contributed by atoms with Crippen LogP contribution < -0.4 is 0 Å². The third kappa shape index (κ3) is 4.50. The Kier molecular flexibility index (Phi) is 5.16. The van der Waals surface area contributed by atoms with Crippen molar-refractivity contribution in [3.8, 4) is 0 Å². The largest absolute Gasteiger partial charge is 0.416 e. The molecule has 0 bridgehead atoms. The Morgan fingerprint density at radius 3 is 2.77 bits per heavy atom. The molecule has 22 heavy (non-hydrogen) atoms. The predicted molar refractivity (Wildman–Crippen MR) is 78.1 cm³/mol. The Labute approximate surface area is 130 Å². The Bertz CT molecular complexity index is 574. The molecule has 3 nitrogen and oxygen atoms in total. The molecule has 0 aliphatic carbocycles. The van der Waals surface area contributed by atoms with Gasteiger partial charge in [0.05, 0.1) is 5.56 Å². The van der Waals surface area contributed by atoms with Crippen LogP contribution in [0.1, 0.15) is 24.5 Å². The van der Waals surface area contributed by atoms with E-state index in [2.05, 4.69) is 0 Å². The van der Waals surface area contributed by atoms with Gasteiger partial charge < -0.3 is 4.90 Å². The summed E-state index contributed by atoms with van der Waals surface area (Å²) >= 11 is 1.18. The fourth-order valence-electron chi connectivity index (χ4n) is 2.42. The van der Waals surface area contributed by atoms with Crippen LogP contribution in [0.4, 0.5) is 13.2 Å². The molecule has 1 aliphatic rings. The summed E-state index contributed by atoms with van der Waals surface area (Å²) in [6.45, 7) is 2.13. The van der Waals surface area contributed by atoms with Gasteiger partial charge in [-0.05, 0) is 23.6 Å². The zero-order chi connectivity index (χ0) is 16.3. The number of carbonyl (C=O) groups is 2. The molecule has 1 aromatic carbocycles. The van der Waals surface area contributed by atoms with E-state index in [0.29, 0.717) is 24.3 Å². The van der Waals surface area contributed by atoms with Gasteiger partial charge in [0.25, 0.3) is 0 Å². The van der Waals surface area contributed by atoms with Gasteiger partial charge in [-0.25, -0.2) is 0 Å². The van der Waals surface area contributed by atoms with Crippen molar-refractivity contribution >= 4 is 22.8 Å². The van der Waals surface area contributed by atoms with Crippen LogP contribution in [0, 0.1) is 5.92 Å². The van der Waals surface area contributed by atoms with Gasteiger partial charge in [0.1, 0.15) is 0 Å². The normalized spacial score (nSPS) is 18.8. The average molecular weight is 331 g/mol. The summed E-state index contributed by atoms with van der Waals surface area (Å²) in [4.78, 5) is 24.4. The number of hydrogen-bond acceptors (Lipinski definition) is 3. The molecule has 7 heteroatoms. The molecule has 2 rings (SSSR count). The van der Waals surface area contributed by atoms with Crippen LogP contribution in [0.15, 0.2) is 24.3 Å². The number of halogens is 3. The summed E-state index contributed by atoms with van der Waals surface area (Å²) < 4.78 is 38.0. The molecule has 1 unspecified atom stereocenters. The summed E-state index contributed by atoms with van der Waals surface area (Å²) in [6.07, 6.45) is -4.04. The van der Waals surface area contributed by atoms with Crippen LogP contribution >= 0.6 is 11.8 Å². The lowest BCUT2D eigenvalue weighted by Crippen LogP contribution is -2.25. The van der Waals surface area contributed by atoms with Gasteiger partial charge >= 0.3 is 6.18 Å². The highest BCUT2D eigenvalue weighted by molar-refractivity contribution is 8.13. The Morgan fingerprint density at radius 1 is 1.41 bits per heavy atom.